The third kappa shape index (κ3) is 4.85. The van der Waals surface area contributed by atoms with E-state index in [9.17, 15) is 9.59 Å². The largest absolute Gasteiger partial charge is 0.353 e. The first kappa shape index (κ1) is 20.4. The topological polar surface area (TPSA) is 52.7 Å². The zero-order valence-electron chi connectivity index (χ0n) is 16.6. The van der Waals surface area contributed by atoms with Crippen LogP contribution in [0.25, 0.3) is 0 Å². The highest BCUT2D eigenvalue weighted by Gasteiger charge is 2.33. The number of benzene rings is 1. The van der Waals surface area contributed by atoms with Crippen molar-refractivity contribution in [1.82, 2.24) is 15.1 Å². The molecular weight excluding hydrogens is 326 g/mol. The lowest BCUT2D eigenvalue weighted by molar-refractivity contribution is -0.140. The predicted molar refractivity (Wildman–Crippen MR) is 105 cm³/mol. The molecule has 1 atom stereocenters. The van der Waals surface area contributed by atoms with Gasteiger partial charge >= 0.3 is 0 Å². The van der Waals surface area contributed by atoms with E-state index in [1.807, 2.05) is 24.0 Å². The zero-order valence-corrected chi connectivity index (χ0v) is 16.6. The minimum absolute atomic E-state index is 0.0289. The van der Waals surface area contributed by atoms with Crippen molar-refractivity contribution in [2.24, 2.45) is 0 Å². The van der Waals surface area contributed by atoms with Crippen molar-refractivity contribution in [2.45, 2.75) is 65.6 Å². The quantitative estimate of drug-likeness (QED) is 0.776. The van der Waals surface area contributed by atoms with E-state index in [1.54, 1.807) is 0 Å². The molecule has 1 aliphatic heterocycles. The minimum Gasteiger partial charge on any atom is -0.353 e. The lowest BCUT2D eigenvalue weighted by atomic mass is 10.0. The number of carbonyl (C=O) groups excluding carboxylic acids is 2. The molecule has 0 aromatic heterocycles. The van der Waals surface area contributed by atoms with Gasteiger partial charge in [0, 0.05) is 32.2 Å². The number of nitrogens with zero attached hydrogens (tertiary/aromatic N) is 2. The predicted octanol–water partition coefficient (Wildman–Crippen LogP) is 2.72. The summed E-state index contributed by atoms with van der Waals surface area (Å²) in [5.74, 6) is 0.0526. The Kier molecular flexibility index (Phi) is 7.64. The van der Waals surface area contributed by atoms with Gasteiger partial charge in [-0.05, 0) is 37.8 Å². The van der Waals surface area contributed by atoms with Crippen LogP contribution in [0.5, 0.6) is 0 Å². The van der Waals surface area contributed by atoms with Crippen LogP contribution in [0.3, 0.4) is 0 Å². The zero-order chi connectivity index (χ0) is 19.1. The summed E-state index contributed by atoms with van der Waals surface area (Å²) in [5.41, 5.74) is 2.43. The van der Waals surface area contributed by atoms with Gasteiger partial charge in [0.05, 0.1) is 12.5 Å². The lowest BCUT2D eigenvalue weighted by Crippen LogP contribution is -2.56. The molecule has 1 aromatic rings. The van der Waals surface area contributed by atoms with Crippen LogP contribution in [0.2, 0.25) is 0 Å². The molecular formula is C21H33N3O2. The summed E-state index contributed by atoms with van der Waals surface area (Å²) in [6, 6.07) is 8.10. The molecule has 0 radical (unpaired) electrons. The van der Waals surface area contributed by atoms with Gasteiger partial charge in [0.15, 0.2) is 0 Å². The molecule has 0 aliphatic carbocycles. The summed E-state index contributed by atoms with van der Waals surface area (Å²) in [6.07, 6.45) is 2.14. The highest BCUT2D eigenvalue weighted by molar-refractivity contribution is 5.89. The lowest BCUT2D eigenvalue weighted by Gasteiger charge is -2.37. The number of aryl methyl sites for hydroxylation is 1. The maximum Gasteiger partial charge on any atom is 0.237 e. The van der Waals surface area contributed by atoms with Crippen molar-refractivity contribution in [3.63, 3.8) is 0 Å². The Morgan fingerprint density at radius 1 is 1.27 bits per heavy atom. The van der Waals surface area contributed by atoms with Crippen LogP contribution in [-0.4, -0.2) is 53.3 Å². The Labute approximate surface area is 157 Å². The van der Waals surface area contributed by atoms with E-state index in [4.69, 9.17) is 0 Å². The smallest absolute Gasteiger partial charge is 0.237 e. The fourth-order valence-electron chi connectivity index (χ4n) is 3.83. The Morgan fingerprint density at radius 3 is 2.58 bits per heavy atom. The third-order valence-electron chi connectivity index (χ3n) is 5.49. The van der Waals surface area contributed by atoms with Gasteiger partial charge in [-0.2, -0.15) is 0 Å². The third-order valence-corrected chi connectivity index (χ3v) is 5.49. The molecule has 2 rings (SSSR count). The molecule has 1 heterocycles. The van der Waals surface area contributed by atoms with Crippen LogP contribution in [0.15, 0.2) is 24.3 Å². The van der Waals surface area contributed by atoms with E-state index >= 15 is 0 Å². The first-order valence-electron chi connectivity index (χ1n) is 9.87. The number of amides is 2. The molecule has 0 unspecified atom stereocenters. The molecule has 144 valence electrons. The van der Waals surface area contributed by atoms with Crippen LogP contribution >= 0.6 is 0 Å². The van der Waals surface area contributed by atoms with Crippen molar-refractivity contribution in [2.75, 3.05) is 19.6 Å². The molecule has 5 nitrogen and oxygen atoms in total. The number of carbonyl (C=O) groups is 2. The van der Waals surface area contributed by atoms with E-state index in [1.165, 1.54) is 11.1 Å². The Hall–Kier alpha value is -1.88. The number of nitrogens with one attached hydrogen (secondary N) is 1. The molecule has 1 saturated heterocycles. The van der Waals surface area contributed by atoms with E-state index in [0.29, 0.717) is 19.6 Å². The van der Waals surface area contributed by atoms with E-state index in [-0.39, 0.29) is 30.3 Å². The van der Waals surface area contributed by atoms with Gasteiger partial charge < -0.3 is 10.2 Å². The Morgan fingerprint density at radius 2 is 1.96 bits per heavy atom. The van der Waals surface area contributed by atoms with Crippen LogP contribution in [0, 0.1) is 6.92 Å². The summed E-state index contributed by atoms with van der Waals surface area (Å²) in [6.45, 7) is 11.1. The number of hydrogen-bond donors (Lipinski definition) is 1. The second-order valence-electron chi connectivity index (χ2n) is 7.06. The van der Waals surface area contributed by atoms with Crippen LogP contribution in [0.4, 0.5) is 0 Å². The van der Waals surface area contributed by atoms with E-state index < -0.39 is 0 Å². The molecule has 2 amide bonds. The molecule has 0 bridgehead atoms. The standard InChI is InChI=1S/C21H33N3O2/c1-5-18(6-2)24(7-3)20(25)14-19-21(26)22-12-13-23(19)15-17-11-9-8-10-16(17)4/h8-11,18-19H,5-7,12-15H2,1-4H3,(H,22,26)/t19-/m0/s1. The van der Waals surface area contributed by atoms with Crippen molar-refractivity contribution >= 4 is 11.8 Å². The molecule has 1 aromatic carbocycles. The maximum absolute atomic E-state index is 12.9. The Balaban J connectivity index is 2.13. The van der Waals surface area contributed by atoms with Crippen molar-refractivity contribution < 1.29 is 9.59 Å². The van der Waals surface area contributed by atoms with Crippen molar-refractivity contribution in [3.8, 4) is 0 Å². The molecule has 5 heteroatoms. The first-order chi connectivity index (χ1) is 12.5. The van der Waals surface area contributed by atoms with Gasteiger partial charge in [0.1, 0.15) is 0 Å². The number of piperazine rings is 1. The highest BCUT2D eigenvalue weighted by atomic mass is 16.2. The maximum atomic E-state index is 12.9. The normalized spacial score (nSPS) is 18.0. The van der Waals surface area contributed by atoms with Gasteiger partial charge in [-0.1, -0.05) is 38.1 Å². The number of hydrogen-bond acceptors (Lipinski definition) is 3. The van der Waals surface area contributed by atoms with Crippen molar-refractivity contribution in [3.05, 3.63) is 35.4 Å². The van der Waals surface area contributed by atoms with E-state index in [2.05, 4.69) is 43.1 Å². The SMILES string of the molecule is CCC(CC)N(CC)C(=O)C[C@H]1C(=O)NCCN1Cc1ccccc1C. The van der Waals surface area contributed by atoms with E-state index in [0.717, 1.165) is 19.4 Å². The molecule has 1 N–H and O–H groups in total. The summed E-state index contributed by atoms with van der Waals surface area (Å²) in [7, 11) is 0. The molecule has 1 aliphatic rings. The highest BCUT2D eigenvalue weighted by Crippen LogP contribution is 2.19. The molecule has 0 saturated carbocycles. The van der Waals surface area contributed by atoms with Gasteiger partial charge in [0.2, 0.25) is 11.8 Å². The fourth-order valence-corrected chi connectivity index (χ4v) is 3.83. The fraction of sp³-hybridized carbons (Fsp3) is 0.619. The second-order valence-corrected chi connectivity index (χ2v) is 7.06. The summed E-state index contributed by atoms with van der Waals surface area (Å²) in [5, 5.41) is 2.93. The van der Waals surface area contributed by atoms with Crippen molar-refractivity contribution in [1.29, 1.82) is 0 Å². The summed E-state index contributed by atoms with van der Waals surface area (Å²) < 4.78 is 0. The second kappa shape index (κ2) is 9.72. The monoisotopic (exact) mass is 359 g/mol. The minimum atomic E-state index is -0.390. The van der Waals surface area contributed by atoms with Gasteiger partial charge in [-0.15, -0.1) is 0 Å². The van der Waals surface area contributed by atoms with Crippen LogP contribution in [-0.2, 0) is 16.1 Å². The number of rotatable bonds is 8. The van der Waals surface area contributed by atoms with Gasteiger partial charge in [-0.25, -0.2) is 0 Å². The molecule has 26 heavy (non-hydrogen) atoms. The van der Waals surface area contributed by atoms with Gasteiger partial charge in [-0.3, -0.25) is 14.5 Å². The average Bonchev–Trinajstić information content (AvgIpc) is 2.64. The molecule has 0 spiro atoms. The van der Waals surface area contributed by atoms with Crippen LogP contribution < -0.4 is 5.32 Å². The Bertz CT molecular complexity index is 613. The van der Waals surface area contributed by atoms with Crippen LogP contribution in [0.1, 0.15) is 51.2 Å². The average molecular weight is 360 g/mol. The van der Waals surface area contributed by atoms with Gasteiger partial charge in [0.25, 0.3) is 0 Å². The summed E-state index contributed by atoms with van der Waals surface area (Å²) in [4.78, 5) is 29.5. The first-order valence-corrected chi connectivity index (χ1v) is 9.87. The molecule has 1 fully saturated rings. The summed E-state index contributed by atoms with van der Waals surface area (Å²) >= 11 is 0.